The number of nitrogens with two attached hydrogens (primary N) is 1. The number of benzene rings is 2. The SMILES string of the molecule is NC(=O)c1ccc(-c2csc(SCC(=O)NCC3CN(Cc4ccc(Cl)c(Cl)c4)CCO3)n2)cc1. The van der Waals surface area contributed by atoms with Gasteiger partial charge in [-0.1, -0.05) is 53.2 Å². The normalized spacial score (nSPS) is 16.2. The van der Waals surface area contributed by atoms with Crippen LogP contribution in [0.15, 0.2) is 52.2 Å². The Bertz CT molecular complexity index is 1190. The molecule has 2 aromatic carbocycles. The maximum Gasteiger partial charge on any atom is 0.248 e. The van der Waals surface area contributed by atoms with Crippen molar-refractivity contribution in [3.63, 3.8) is 0 Å². The van der Waals surface area contributed by atoms with E-state index in [0.29, 0.717) is 28.8 Å². The number of aromatic nitrogens is 1. The van der Waals surface area contributed by atoms with Crippen LogP contribution in [0, 0.1) is 0 Å². The van der Waals surface area contributed by atoms with Crippen molar-refractivity contribution in [3.8, 4) is 11.3 Å². The summed E-state index contributed by atoms with van der Waals surface area (Å²) in [5, 5.41) is 5.98. The molecule has 0 spiro atoms. The second-order valence-electron chi connectivity index (χ2n) is 8.01. The average molecular weight is 552 g/mol. The van der Waals surface area contributed by atoms with E-state index in [2.05, 4.69) is 15.2 Å². The van der Waals surface area contributed by atoms with Gasteiger partial charge < -0.3 is 15.8 Å². The Kier molecular flexibility index (Phi) is 9.04. The monoisotopic (exact) mass is 550 g/mol. The number of nitrogens with zero attached hydrogens (tertiary/aromatic N) is 2. The Morgan fingerprint density at radius 3 is 2.74 bits per heavy atom. The molecule has 3 aromatic rings. The smallest absolute Gasteiger partial charge is 0.248 e. The van der Waals surface area contributed by atoms with E-state index in [1.165, 1.54) is 23.1 Å². The summed E-state index contributed by atoms with van der Waals surface area (Å²) in [7, 11) is 0. The molecule has 1 aliphatic heterocycles. The van der Waals surface area contributed by atoms with E-state index in [-0.39, 0.29) is 17.8 Å². The zero-order valence-corrected chi connectivity index (χ0v) is 21.9. The van der Waals surface area contributed by atoms with Crippen LogP contribution in [-0.4, -0.2) is 59.8 Å². The highest BCUT2D eigenvalue weighted by molar-refractivity contribution is 8.01. The molecule has 1 fully saturated rings. The Labute approximate surface area is 222 Å². The molecular weight excluding hydrogens is 527 g/mol. The van der Waals surface area contributed by atoms with Crippen LogP contribution in [0.4, 0.5) is 0 Å². The lowest BCUT2D eigenvalue weighted by atomic mass is 10.1. The molecule has 1 atom stereocenters. The first-order valence-electron chi connectivity index (χ1n) is 10.9. The topological polar surface area (TPSA) is 97.5 Å². The minimum absolute atomic E-state index is 0.0669. The average Bonchev–Trinajstić information content (AvgIpc) is 3.33. The molecule has 11 heteroatoms. The van der Waals surface area contributed by atoms with Gasteiger partial charge in [-0.2, -0.15) is 0 Å². The molecule has 184 valence electrons. The molecule has 1 aromatic heterocycles. The second kappa shape index (κ2) is 12.2. The highest BCUT2D eigenvalue weighted by Crippen LogP contribution is 2.28. The molecule has 0 saturated carbocycles. The van der Waals surface area contributed by atoms with Crippen molar-refractivity contribution in [2.24, 2.45) is 5.73 Å². The van der Waals surface area contributed by atoms with Crippen LogP contribution in [0.1, 0.15) is 15.9 Å². The van der Waals surface area contributed by atoms with Crippen molar-refractivity contribution >= 4 is 58.1 Å². The first-order chi connectivity index (χ1) is 16.9. The number of hydrogen-bond donors (Lipinski definition) is 2. The van der Waals surface area contributed by atoms with Crippen molar-refractivity contribution in [2.75, 3.05) is 32.0 Å². The highest BCUT2D eigenvalue weighted by atomic mass is 35.5. The van der Waals surface area contributed by atoms with Crippen molar-refractivity contribution < 1.29 is 14.3 Å². The first-order valence-corrected chi connectivity index (χ1v) is 13.5. The summed E-state index contributed by atoms with van der Waals surface area (Å²) >= 11 is 15.0. The molecule has 1 saturated heterocycles. The van der Waals surface area contributed by atoms with Crippen molar-refractivity contribution in [2.45, 2.75) is 17.0 Å². The Morgan fingerprint density at radius 2 is 2.00 bits per heavy atom. The van der Waals surface area contributed by atoms with Crippen molar-refractivity contribution in [1.82, 2.24) is 15.2 Å². The van der Waals surface area contributed by atoms with Crippen molar-refractivity contribution in [1.29, 1.82) is 0 Å². The van der Waals surface area contributed by atoms with Gasteiger partial charge >= 0.3 is 0 Å². The number of carbonyl (C=O) groups excluding carboxylic acids is 2. The first kappa shape index (κ1) is 25.9. The van der Waals surface area contributed by atoms with Crippen LogP contribution >= 0.6 is 46.3 Å². The summed E-state index contributed by atoms with van der Waals surface area (Å²) in [5.74, 6) is -0.259. The van der Waals surface area contributed by atoms with Gasteiger partial charge in [-0.3, -0.25) is 14.5 Å². The predicted molar refractivity (Wildman–Crippen MR) is 141 cm³/mol. The highest BCUT2D eigenvalue weighted by Gasteiger charge is 2.21. The van der Waals surface area contributed by atoms with Gasteiger partial charge in [0, 0.05) is 42.7 Å². The van der Waals surface area contributed by atoms with Crippen LogP contribution in [-0.2, 0) is 16.1 Å². The number of halogens is 2. The van der Waals surface area contributed by atoms with E-state index in [1.807, 2.05) is 29.6 Å². The maximum absolute atomic E-state index is 12.4. The van der Waals surface area contributed by atoms with Gasteiger partial charge in [0.2, 0.25) is 11.8 Å². The number of thioether (sulfide) groups is 1. The fraction of sp³-hybridized carbons (Fsp3) is 0.292. The van der Waals surface area contributed by atoms with Gasteiger partial charge in [-0.15, -0.1) is 11.3 Å². The van der Waals surface area contributed by atoms with Crippen LogP contribution in [0.5, 0.6) is 0 Å². The third-order valence-corrected chi connectivity index (χ3v) is 8.18. The molecule has 2 heterocycles. The quantitative estimate of drug-likeness (QED) is 0.385. The number of nitrogens with one attached hydrogen (secondary N) is 1. The lowest BCUT2D eigenvalue weighted by Crippen LogP contribution is -2.47. The number of morpholine rings is 1. The number of amides is 2. The fourth-order valence-electron chi connectivity index (χ4n) is 3.61. The van der Waals surface area contributed by atoms with Gasteiger partial charge in [0.25, 0.3) is 0 Å². The van der Waals surface area contributed by atoms with Gasteiger partial charge in [-0.25, -0.2) is 4.98 Å². The molecule has 0 bridgehead atoms. The third kappa shape index (κ3) is 7.42. The largest absolute Gasteiger partial charge is 0.374 e. The predicted octanol–water partition coefficient (Wildman–Crippen LogP) is 4.33. The molecule has 4 rings (SSSR count). The van der Waals surface area contributed by atoms with E-state index in [0.717, 1.165) is 40.8 Å². The summed E-state index contributed by atoms with van der Waals surface area (Å²) in [4.78, 5) is 30.5. The number of rotatable bonds is 9. The summed E-state index contributed by atoms with van der Waals surface area (Å²) < 4.78 is 6.63. The number of hydrogen-bond acceptors (Lipinski definition) is 7. The van der Waals surface area contributed by atoms with Crippen LogP contribution in [0.2, 0.25) is 10.0 Å². The van der Waals surface area contributed by atoms with Crippen LogP contribution < -0.4 is 11.1 Å². The standard InChI is InChI=1S/C24H24Cl2N4O3S2/c25-19-6-1-15(9-20(19)26)11-30-7-8-33-18(12-30)10-28-22(31)14-35-24-29-21(13-34-24)16-2-4-17(5-3-16)23(27)32/h1-6,9,13,18H,7-8,10-12,14H2,(H2,27,32)(H,28,31). The molecule has 1 unspecified atom stereocenters. The van der Waals surface area contributed by atoms with E-state index in [9.17, 15) is 9.59 Å². The number of ether oxygens (including phenoxy) is 1. The molecule has 1 aliphatic rings. The number of primary amides is 1. The molecule has 0 aliphatic carbocycles. The molecule has 7 nitrogen and oxygen atoms in total. The lowest BCUT2D eigenvalue weighted by molar-refractivity contribution is -0.119. The molecular formula is C24H24Cl2N4O3S2. The Balaban J connectivity index is 1.20. The molecule has 0 radical (unpaired) electrons. The van der Waals surface area contributed by atoms with E-state index in [1.54, 1.807) is 18.2 Å². The minimum atomic E-state index is -0.463. The molecule has 35 heavy (non-hydrogen) atoms. The second-order valence-corrected chi connectivity index (χ2v) is 10.9. The van der Waals surface area contributed by atoms with Gasteiger partial charge in [-0.05, 0) is 29.8 Å². The number of carbonyl (C=O) groups is 2. The van der Waals surface area contributed by atoms with Gasteiger partial charge in [0.15, 0.2) is 4.34 Å². The summed E-state index contributed by atoms with van der Waals surface area (Å²) in [5.41, 5.74) is 8.51. The summed E-state index contributed by atoms with van der Waals surface area (Å²) in [6, 6.07) is 12.6. The van der Waals surface area contributed by atoms with Crippen molar-refractivity contribution in [3.05, 3.63) is 69.0 Å². The van der Waals surface area contributed by atoms with Gasteiger partial charge in [0.05, 0.1) is 34.2 Å². The fourth-order valence-corrected chi connectivity index (χ4v) is 5.60. The Hall–Kier alpha value is -2.14. The Morgan fingerprint density at radius 1 is 1.20 bits per heavy atom. The van der Waals surface area contributed by atoms with Crippen LogP contribution in [0.25, 0.3) is 11.3 Å². The third-order valence-electron chi connectivity index (χ3n) is 5.42. The van der Waals surface area contributed by atoms with E-state index >= 15 is 0 Å². The zero-order valence-electron chi connectivity index (χ0n) is 18.7. The molecule has 2 amide bonds. The summed E-state index contributed by atoms with van der Waals surface area (Å²) in [6.45, 7) is 3.35. The zero-order chi connectivity index (χ0) is 24.8. The minimum Gasteiger partial charge on any atom is -0.374 e. The van der Waals surface area contributed by atoms with E-state index < -0.39 is 5.91 Å². The maximum atomic E-state index is 12.4. The summed E-state index contributed by atoms with van der Waals surface area (Å²) in [6.07, 6.45) is -0.0738. The lowest BCUT2D eigenvalue weighted by Gasteiger charge is -2.33. The van der Waals surface area contributed by atoms with Crippen LogP contribution in [0.3, 0.4) is 0 Å². The molecule has 3 N–H and O–H groups in total. The van der Waals surface area contributed by atoms with Gasteiger partial charge in [0.1, 0.15) is 0 Å². The van der Waals surface area contributed by atoms with E-state index in [4.69, 9.17) is 33.7 Å². The number of thiazole rings is 1.